The number of thioether (sulfide) groups is 1. The normalized spacial score (nSPS) is 24.5. The Kier molecular flexibility index (Phi) is 4.08. The molecule has 2 N–H and O–H groups in total. The van der Waals surface area contributed by atoms with E-state index in [1.165, 1.54) is 11.8 Å². The van der Waals surface area contributed by atoms with E-state index in [0.29, 0.717) is 5.03 Å². The van der Waals surface area contributed by atoms with Crippen LogP contribution < -0.4 is 5.73 Å². The highest BCUT2D eigenvalue weighted by Gasteiger charge is 2.32. The smallest absolute Gasteiger partial charge is 0.327 e. The lowest BCUT2D eigenvalue weighted by Crippen LogP contribution is -2.26. The molecule has 1 aliphatic rings. The molecule has 0 aliphatic heterocycles. The molecule has 0 aromatic carbocycles. The first-order valence-electron chi connectivity index (χ1n) is 5.53. The summed E-state index contributed by atoms with van der Waals surface area (Å²) in [5.41, 5.74) is 5.08. The van der Waals surface area contributed by atoms with Crippen molar-refractivity contribution in [2.45, 2.75) is 41.8 Å². The number of hydrogen-bond donors (Lipinski definition) is 1. The molecule has 0 radical (unpaired) electrons. The van der Waals surface area contributed by atoms with Gasteiger partial charge in [0.1, 0.15) is 5.03 Å². The van der Waals surface area contributed by atoms with Crippen LogP contribution in [0.3, 0.4) is 0 Å². The molecule has 1 fully saturated rings. The predicted octanol–water partition coefficient (Wildman–Crippen LogP) is 3.73. The van der Waals surface area contributed by atoms with Crippen LogP contribution in [0.4, 0.5) is 13.2 Å². The molecule has 0 spiro atoms. The van der Waals surface area contributed by atoms with Crippen LogP contribution in [0.1, 0.15) is 24.8 Å². The van der Waals surface area contributed by atoms with Crippen LogP contribution >= 0.6 is 23.4 Å². The second-order valence-electron chi connectivity index (χ2n) is 4.26. The van der Waals surface area contributed by atoms with Gasteiger partial charge in [-0.2, -0.15) is 13.2 Å². The van der Waals surface area contributed by atoms with E-state index in [0.717, 1.165) is 31.5 Å². The first-order valence-corrected chi connectivity index (χ1v) is 6.78. The highest BCUT2D eigenvalue weighted by Crippen LogP contribution is 2.38. The Morgan fingerprint density at radius 3 is 2.61 bits per heavy atom. The molecule has 1 saturated carbocycles. The second kappa shape index (κ2) is 5.27. The minimum Gasteiger partial charge on any atom is -0.327 e. The van der Waals surface area contributed by atoms with Crippen LogP contribution in [0.2, 0.25) is 5.02 Å². The first kappa shape index (κ1) is 14.0. The van der Waals surface area contributed by atoms with Crippen molar-refractivity contribution in [2.24, 2.45) is 5.73 Å². The van der Waals surface area contributed by atoms with Gasteiger partial charge in [0.05, 0.1) is 10.6 Å². The molecular weight excluding hydrogens is 285 g/mol. The number of halogens is 4. The SMILES string of the molecule is NC1CCCC1Sc1ncc(C(F)(F)F)cc1Cl. The van der Waals surface area contributed by atoms with Crippen molar-refractivity contribution in [3.63, 3.8) is 0 Å². The van der Waals surface area contributed by atoms with Gasteiger partial charge in [-0.15, -0.1) is 0 Å². The summed E-state index contributed by atoms with van der Waals surface area (Å²) in [6, 6.07) is 0.979. The molecule has 2 unspecified atom stereocenters. The van der Waals surface area contributed by atoms with E-state index in [1.54, 1.807) is 0 Å². The summed E-state index contributed by atoms with van der Waals surface area (Å²) in [6.45, 7) is 0. The maximum Gasteiger partial charge on any atom is 0.417 e. The summed E-state index contributed by atoms with van der Waals surface area (Å²) in [5.74, 6) is 0. The van der Waals surface area contributed by atoms with Crippen LogP contribution in [-0.2, 0) is 6.18 Å². The van der Waals surface area contributed by atoms with Crippen molar-refractivity contribution in [3.05, 3.63) is 22.8 Å². The van der Waals surface area contributed by atoms with Crippen molar-refractivity contribution < 1.29 is 13.2 Å². The summed E-state index contributed by atoms with van der Waals surface area (Å²) in [7, 11) is 0. The Morgan fingerprint density at radius 2 is 2.11 bits per heavy atom. The van der Waals surface area contributed by atoms with E-state index in [2.05, 4.69) is 4.98 Å². The number of nitrogens with two attached hydrogens (primary N) is 1. The fourth-order valence-corrected chi connectivity index (χ4v) is 3.38. The predicted molar refractivity (Wildman–Crippen MR) is 65.7 cm³/mol. The highest BCUT2D eigenvalue weighted by atomic mass is 35.5. The molecule has 1 aromatic heterocycles. The quantitative estimate of drug-likeness (QED) is 0.904. The molecule has 1 aromatic rings. The van der Waals surface area contributed by atoms with Gasteiger partial charge in [0, 0.05) is 17.5 Å². The Bertz CT molecular complexity index is 439. The van der Waals surface area contributed by atoms with E-state index in [9.17, 15) is 13.2 Å². The van der Waals surface area contributed by atoms with Gasteiger partial charge in [-0.25, -0.2) is 4.98 Å². The minimum atomic E-state index is -4.41. The number of aromatic nitrogens is 1. The van der Waals surface area contributed by atoms with E-state index < -0.39 is 11.7 Å². The summed E-state index contributed by atoms with van der Waals surface area (Å²) in [4.78, 5) is 3.80. The average Bonchev–Trinajstić information content (AvgIpc) is 2.66. The summed E-state index contributed by atoms with van der Waals surface area (Å²) in [5, 5.41) is 0.646. The van der Waals surface area contributed by atoms with Gasteiger partial charge in [0.25, 0.3) is 0 Å². The van der Waals surface area contributed by atoms with Crippen LogP contribution in [-0.4, -0.2) is 16.3 Å². The van der Waals surface area contributed by atoms with E-state index in [1.807, 2.05) is 0 Å². The lowest BCUT2D eigenvalue weighted by atomic mass is 10.3. The maximum absolute atomic E-state index is 12.4. The largest absolute Gasteiger partial charge is 0.417 e. The van der Waals surface area contributed by atoms with Gasteiger partial charge in [0.15, 0.2) is 0 Å². The second-order valence-corrected chi connectivity index (χ2v) is 5.89. The monoisotopic (exact) mass is 296 g/mol. The van der Waals surface area contributed by atoms with Crippen LogP contribution in [0.25, 0.3) is 0 Å². The molecule has 0 bridgehead atoms. The molecule has 0 saturated heterocycles. The Balaban J connectivity index is 2.15. The van der Waals surface area contributed by atoms with Crippen LogP contribution in [0.5, 0.6) is 0 Å². The Labute approximate surface area is 112 Å². The molecule has 100 valence electrons. The molecule has 7 heteroatoms. The summed E-state index contributed by atoms with van der Waals surface area (Å²) < 4.78 is 37.3. The molecular formula is C11H12ClF3N2S. The zero-order valence-corrected chi connectivity index (χ0v) is 10.9. The molecule has 2 rings (SSSR count). The van der Waals surface area contributed by atoms with Crippen molar-refractivity contribution in [2.75, 3.05) is 0 Å². The molecule has 0 amide bonds. The first-order chi connectivity index (χ1) is 8.38. The number of pyridine rings is 1. The molecule has 2 atom stereocenters. The minimum absolute atomic E-state index is 0.0360. The highest BCUT2D eigenvalue weighted by molar-refractivity contribution is 8.00. The van der Waals surface area contributed by atoms with Crippen molar-refractivity contribution in [1.82, 2.24) is 4.98 Å². The van der Waals surface area contributed by atoms with Crippen LogP contribution in [0.15, 0.2) is 17.3 Å². The molecule has 18 heavy (non-hydrogen) atoms. The molecule has 2 nitrogen and oxygen atoms in total. The van der Waals surface area contributed by atoms with Gasteiger partial charge >= 0.3 is 6.18 Å². The molecule has 1 heterocycles. The number of rotatable bonds is 2. The zero-order valence-electron chi connectivity index (χ0n) is 9.38. The van der Waals surface area contributed by atoms with Gasteiger partial charge in [-0.05, 0) is 18.9 Å². The number of nitrogens with zero attached hydrogens (tertiary/aromatic N) is 1. The van der Waals surface area contributed by atoms with Crippen molar-refractivity contribution >= 4 is 23.4 Å². The fraction of sp³-hybridized carbons (Fsp3) is 0.545. The Hall–Kier alpha value is -0.460. The lowest BCUT2D eigenvalue weighted by molar-refractivity contribution is -0.137. The molecule has 1 aliphatic carbocycles. The third-order valence-electron chi connectivity index (χ3n) is 2.90. The summed E-state index contributed by atoms with van der Waals surface area (Å²) in [6.07, 6.45) is -0.670. The van der Waals surface area contributed by atoms with E-state index >= 15 is 0 Å². The third kappa shape index (κ3) is 3.10. The lowest BCUT2D eigenvalue weighted by Gasteiger charge is -2.15. The summed E-state index contributed by atoms with van der Waals surface area (Å²) >= 11 is 7.21. The Morgan fingerprint density at radius 1 is 1.39 bits per heavy atom. The van der Waals surface area contributed by atoms with E-state index in [-0.39, 0.29) is 16.3 Å². The van der Waals surface area contributed by atoms with Gasteiger partial charge < -0.3 is 5.73 Å². The number of hydrogen-bond acceptors (Lipinski definition) is 3. The zero-order chi connectivity index (χ0) is 13.3. The van der Waals surface area contributed by atoms with Crippen molar-refractivity contribution in [3.8, 4) is 0 Å². The number of alkyl halides is 3. The third-order valence-corrected chi connectivity index (χ3v) is 4.74. The van der Waals surface area contributed by atoms with Crippen molar-refractivity contribution in [1.29, 1.82) is 0 Å². The maximum atomic E-state index is 12.4. The van der Waals surface area contributed by atoms with Gasteiger partial charge in [-0.3, -0.25) is 0 Å². The topological polar surface area (TPSA) is 38.9 Å². The standard InChI is InChI=1S/C11H12ClF3N2S/c12-7-4-6(11(13,14)15)5-17-10(7)18-9-3-1-2-8(9)16/h4-5,8-9H,1-3,16H2. The fourth-order valence-electron chi connectivity index (χ4n) is 1.91. The van der Waals surface area contributed by atoms with Crippen LogP contribution in [0, 0.1) is 0 Å². The van der Waals surface area contributed by atoms with E-state index in [4.69, 9.17) is 17.3 Å². The van der Waals surface area contributed by atoms with Gasteiger partial charge in [-0.1, -0.05) is 29.8 Å². The average molecular weight is 297 g/mol. The van der Waals surface area contributed by atoms with Gasteiger partial charge in [0.2, 0.25) is 0 Å².